The Morgan fingerprint density at radius 3 is 2.69 bits per heavy atom. The van der Waals surface area contributed by atoms with Crippen LogP contribution in [0.1, 0.15) is 29.5 Å². The molecule has 1 amide bonds. The zero-order valence-corrected chi connectivity index (χ0v) is 20.4. The number of benzene rings is 2. The summed E-state index contributed by atoms with van der Waals surface area (Å²) in [6.45, 7) is 7.75. The summed E-state index contributed by atoms with van der Waals surface area (Å²) in [5.41, 5.74) is 4.63. The van der Waals surface area contributed by atoms with Crippen LogP contribution in [0.5, 0.6) is 0 Å². The standard InChI is InChI=1S/C25H28N4OS2/c1-18-5-7-21(8-6-18)31-14-9-23(30)29(12-4-11-28-13-10-26-17-28)25-27-22-16-19(2)15-20(3)24(22)32-25/h5-8,10,13,15-17H,4,9,11-12,14H2,1-3H3. The summed E-state index contributed by atoms with van der Waals surface area (Å²) in [6, 6.07) is 12.7. The predicted molar refractivity (Wildman–Crippen MR) is 135 cm³/mol. The van der Waals surface area contributed by atoms with Crippen LogP contribution in [0.2, 0.25) is 0 Å². The van der Waals surface area contributed by atoms with Crippen molar-refractivity contribution < 1.29 is 4.79 Å². The van der Waals surface area contributed by atoms with Crippen molar-refractivity contribution in [3.8, 4) is 0 Å². The molecule has 0 saturated carbocycles. The molecule has 0 radical (unpaired) electrons. The van der Waals surface area contributed by atoms with Gasteiger partial charge < -0.3 is 4.57 Å². The molecular formula is C25H28N4OS2. The fourth-order valence-electron chi connectivity index (χ4n) is 3.66. The normalized spacial score (nSPS) is 11.2. The molecule has 2 aromatic heterocycles. The summed E-state index contributed by atoms with van der Waals surface area (Å²) in [7, 11) is 0. The second-order valence-electron chi connectivity index (χ2n) is 8.04. The number of aromatic nitrogens is 3. The molecule has 166 valence electrons. The molecule has 0 atom stereocenters. The van der Waals surface area contributed by atoms with E-state index in [0.717, 1.165) is 34.1 Å². The van der Waals surface area contributed by atoms with Crippen molar-refractivity contribution in [3.63, 3.8) is 0 Å². The molecular weight excluding hydrogens is 436 g/mol. The molecule has 0 unspecified atom stereocenters. The number of amides is 1. The van der Waals surface area contributed by atoms with Crippen molar-refractivity contribution in [2.75, 3.05) is 17.2 Å². The van der Waals surface area contributed by atoms with Gasteiger partial charge in [-0.05, 0) is 56.5 Å². The molecule has 4 rings (SSSR count). The lowest BCUT2D eigenvalue weighted by Gasteiger charge is -2.20. The zero-order valence-electron chi connectivity index (χ0n) is 18.7. The summed E-state index contributed by atoms with van der Waals surface area (Å²) in [5, 5.41) is 0.796. The van der Waals surface area contributed by atoms with Crippen LogP contribution in [0.25, 0.3) is 10.2 Å². The molecule has 0 saturated heterocycles. The Hall–Kier alpha value is -2.64. The molecule has 0 N–H and O–H groups in total. The number of hydrogen-bond donors (Lipinski definition) is 0. The van der Waals surface area contributed by atoms with E-state index in [1.807, 2.05) is 22.0 Å². The van der Waals surface area contributed by atoms with E-state index in [1.165, 1.54) is 21.6 Å². The van der Waals surface area contributed by atoms with Gasteiger partial charge in [-0.15, -0.1) is 11.8 Å². The highest BCUT2D eigenvalue weighted by atomic mass is 32.2. The van der Waals surface area contributed by atoms with E-state index >= 15 is 0 Å². The van der Waals surface area contributed by atoms with E-state index in [-0.39, 0.29) is 5.91 Å². The monoisotopic (exact) mass is 464 g/mol. The van der Waals surface area contributed by atoms with Crippen LogP contribution in [0, 0.1) is 20.8 Å². The van der Waals surface area contributed by atoms with E-state index in [2.05, 4.69) is 62.2 Å². The number of rotatable bonds is 9. The molecule has 0 aliphatic heterocycles. The van der Waals surface area contributed by atoms with Gasteiger partial charge in [0.15, 0.2) is 5.13 Å². The smallest absolute Gasteiger partial charge is 0.229 e. The molecule has 7 heteroatoms. The van der Waals surface area contributed by atoms with Crippen LogP contribution in [-0.2, 0) is 11.3 Å². The van der Waals surface area contributed by atoms with Crippen molar-refractivity contribution in [1.29, 1.82) is 0 Å². The molecule has 0 aliphatic carbocycles. The lowest BCUT2D eigenvalue weighted by atomic mass is 10.1. The Balaban J connectivity index is 1.48. The van der Waals surface area contributed by atoms with Crippen LogP contribution in [0.3, 0.4) is 0 Å². The van der Waals surface area contributed by atoms with Gasteiger partial charge in [0.05, 0.1) is 16.5 Å². The van der Waals surface area contributed by atoms with Gasteiger partial charge in [0, 0.05) is 42.6 Å². The maximum Gasteiger partial charge on any atom is 0.229 e. The first kappa shape index (κ1) is 22.6. The largest absolute Gasteiger partial charge is 0.337 e. The van der Waals surface area contributed by atoms with Gasteiger partial charge in [0.1, 0.15) is 0 Å². The number of aryl methyl sites for hydroxylation is 4. The molecule has 0 fully saturated rings. The van der Waals surface area contributed by atoms with Crippen LogP contribution >= 0.6 is 23.1 Å². The van der Waals surface area contributed by atoms with Crippen molar-refractivity contribution in [2.24, 2.45) is 0 Å². The van der Waals surface area contributed by atoms with Gasteiger partial charge in [0.2, 0.25) is 5.91 Å². The Kier molecular flexibility index (Phi) is 7.27. The Labute approximate surface area is 197 Å². The minimum Gasteiger partial charge on any atom is -0.337 e. The summed E-state index contributed by atoms with van der Waals surface area (Å²) in [4.78, 5) is 25.3. The molecule has 32 heavy (non-hydrogen) atoms. The van der Waals surface area contributed by atoms with Gasteiger partial charge in [-0.25, -0.2) is 9.97 Å². The van der Waals surface area contributed by atoms with Crippen molar-refractivity contribution in [1.82, 2.24) is 14.5 Å². The Morgan fingerprint density at radius 2 is 1.94 bits per heavy atom. The zero-order chi connectivity index (χ0) is 22.5. The number of imidazole rings is 1. The quantitative estimate of drug-likeness (QED) is 0.284. The van der Waals surface area contributed by atoms with Crippen LogP contribution in [-0.4, -0.2) is 32.7 Å². The summed E-state index contributed by atoms with van der Waals surface area (Å²) in [6.07, 6.45) is 6.88. The van der Waals surface area contributed by atoms with E-state index < -0.39 is 0 Å². The van der Waals surface area contributed by atoms with Gasteiger partial charge >= 0.3 is 0 Å². The van der Waals surface area contributed by atoms with Crippen molar-refractivity contribution in [3.05, 3.63) is 71.8 Å². The molecule has 0 spiro atoms. The fraction of sp³-hybridized carbons (Fsp3) is 0.320. The van der Waals surface area contributed by atoms with Gasteiger partial charge in [-0.1, -0.05) is 35.1 Å². The number of carbonyl (C=O) groups excluding carboxylic acids is 1. The highest BCUT2D eigenvalue weighted by molar-refractivity contribution is 7.99. The Morgan fingerprint density at radius 1 is 1.12 bits per heavy atom. The second-order valence-corrected chi connectivity index (χ2v) is 10.2. The van der Waals surface area contributed by atoms with E-state index in [4.69, 9.17) is 4.98 Å². The molecule has 4 aromatic rings. The van der Waals surface area contributed by atoms with Crippen LogP contribution in [0.15, 0.2) is 60.0 Å². The average Bonchev–Trinajstić information content (AvgIpc) is 3.42. The molecule has 0 bridgehead atoms. The number of hydrogen-bond acceptors (Lipinski definition) is 5. The fourth-order valence-corrected chi connectivity index (χ4v) is 5.56. The number of anilines is 1. The first-order valence-corrected chi connectivity index (χ1v) is 12.6. The van der Waals surface area contributed by atoms with Gasteiger partial charge in [-0.3, -0.25) is 9.69 Å². The third kappa shape index (κ3) is 5.58. The minimum absolute atomic E-state index is 0.128. The number of fused-ring (bicyclic) bond motifs is 1. The topological polar surface area (TPSA) is 51.0 Å². The molecule has 2 aromatic carbocycles. The van der Waals surface area contributed by atoms with E-state index in [0.29, 0.717) is 13.0 Å². The summed E-state index contributed by atoms with van der Waals surface area (Å²) >= 11 is 3.34. The lowest BCUT2D eigenvalue weighted by Crippen LogP contribution is -2.32. The Bertz CT molecular complexity index is 1180. The number of thioether (sulfide) groups is 1. The molecule has 2 heterocycles. The average molecular weight is 465 g/mol. The first-order valence-electron chi connectivity index (χ1n) is 10.8. The van der Waals surface area contributed by atoms with Crippen molar-refractivity contribution >= 4 is 44.4 Å². The van der Waals surface area contributed by atoms with Crippen molar-refractivity contribution in [2.45, 2.75) is 45.1 Å². The van der Waals surface area contributed by atoms with Gasteiger partial charge in [-0.2, -0.15) is 0 Å². The van der Waals surface area contributed by atoms with E-state index in [9.17, 15) is 4.79 Å². The second kappa shape index (κ2) is 10.3. The number of thiazole rings is 1. The lowest BCUT2D eigenvalue weighted by molar-refractivity contribution is -0.118. The highest BCUT2D eigenvalue weighted by Crippen LogP contribution is 2.33. The number of carbonyl (C=O) groups is 1. The maximum atomic E-state index is 13.3. The SMILES string of the molecule is Cc1ccc(SCCC(=O)N(CCCn2ccnc2)c2nc3cc(C)cc(C)c3s2)cc1. The number of nitrogens with zero attached hydrogens (tertiary/aromatic N) is 4. The molecule has 0 aliphatic rings. The van der Waals surface area contributed by atoms with E-state index in [1.54, 1.807) is 29.3 Å². The highest BCUT2D eigenvalue weighted by Gasteiger charge is 2.20. The summed E-state index contributed by atoms with van der Waals surface area (Å²) < 4.78 is 3.20. The minimum atomic E-state index is 0.128. The van der Waals surface area contributed by atoms with Crippen LogP contribution in [0.4, 0.5) is 5.13 Å². The maximum absolute atomic E-state index is 13.3. The van der Waals surface area contributed by atoms with Crippen LogP contribution < -0.4 is 4.90 Å². The third-order valence-electron chi connectivity index (χ3n) is 5.30. The third-order valence-corrected chi connectivity index (χ3v) is 7.55. The van der Waals surface area contributed by atoms with Gasteiger partial charge in [0.25, 0.3) is 0 Å². The summed E-state index contributed by atoms with van der Waals surface area (Å²) in [5.74, 6) is 0.881. The molecule has 5 nitrogen and oxygen atoms in total. The predicted octanol–water partition coefficient (Wildman–Crippen LogP) is 6.02. The first-order chi connectivity index (χ1) is 15.5.